The smallest absolute Gasteiger partial charge is 0.301 e. The topological polar surface area (TPSA) is 80.3 Å². The van der Waals surface area contributed by atoms with E-state index in [-0.39, 0.29) is 0 Å². The number of benzene rings is 6. The summed E-state index contributed by atoms with van der Waals surface area (Å²) >= 11 is 0. The monoisotopic (exact) mass is 600 g/mol. The van der Waals surface area contributed by atoms with Crippen LogP contribution >= 0.6 is 14.1 Å². The predicted octanol–water partition coefficient (Wildman–Crippen LogP) is 6.17. The molecule has 0 saturated carbocycles. The Balaban J connectivity index is 0.000000868. The van der Waals surface area contributed by atoms with E-state index in [1.807, 2.05) is 0 Å². The van der Waals surface area contributed by atoms with Gasteiger partial charge in [0, 0.05) is 0 Å². The number of rotatable bonds is 6. The van der Waals surface area contributed by atoms with Crippen LogP contribution in [0.25, 0.3) is 0 Å². The van der Waals surface area contributed by atoms with E-state index in [0.717, 1.165) is 0 Å². The van der Waals surface area contributed by atoms with Crippen molar-refractivity contribution in [3.05, 3.63) is 197 Å². The average Bonchev–Trinajstić information content (AvgIpc) is 3.08. The summed E-state index contributed by atoms with van der Waals surface area (Å²) in [4.78, 5) is 8.25. The Morgan fingerprint density at radius 1 is 0.349 bits per heavy atom. The molecule has 0 saturated heterocycles. The molecule has 0 aliphatic heterocycles. The molecular formula is C36H30N2O3P2. The first-order valence-corrected chi connectivity index (χ1v) is 17.2. The van der Waals surface area contributed by atoms with E-state index >= 15 is 0 Å². The number of hydrogen-bond donors (Lipinski definition) is 0. The molecule has 0 aromatic heterocycles. The first-order chi connectivity index (χ1) is 21.1. The molecule has 43 heavy (non-hydrogen) atoms. The predicted molar refractivity (Wildman–Crippen MR) is 183 cm³/mol. The molecule has 6 aromatic rings. The fraction of sp³-hybridized carbons (Fsp3) is 0. The summed E-state index contributed by atoms with van der Waals surface area (Å²) < 4.78 is 6.38. The highest BCUT2D eigenvalue weighted by atomic mass is 31.2. The standard InChI is InChI=1S/C36H30NP2.NO3/c1-7-19-31(20-8-1)38(32-21-9-2-10-22-32,33-23-11-3-12-24-33)37-39(34-25-13-4-14-26-34,35-27-15-5-16-28-35)36-29-17-6-18-30-36;2-1(3)4/h1-30H;/q+1;-1. The third kappa shape index (κ3) is 6.31. The van der Waals surface area contributed by atoms with Crippen LogP contribution in [-0.2, 0) is 0 Å². The van der Waals surface area contributed by atoms with Gasteiger partial charge in [-0.1, -0.05) is 109 Å². The quantitative estimate of drug-likeness (QED) is 0.0993. The lowest BCUT2D eigenvalue weighted by molar-refractivity contribution is -0.402. The van der Waals surface area contributed by atoms with Crippen LogP contribution < -0.4 is 36.0 Å². The highest BCUT2D eigenvalue weighted by Gasteiger charge is 2.44. The lowest BCUT2D eigenvalue weighted by Crippen LogP contribution is -2.31. The highest BCUT2D eigenvalue weighted by Crippen LogP contribution is 2.50. The SMILES string of the molecule is O=[N+]([O-])[O-].c1ccc(P(=[N+]=P(c2ccccc2)(c2ccccc2)c2ccccc2)(c2ccccc2)c2ccccc2)cc1. The second kappa shape index (κ2) is 13.8. The Bertz CT molecular complexity index is 1540. The van der Waals surface area contributed by atoms with Crippen molar-refractivity contribution in [2.75, 3.05) is 0 Å². The number of nitrogens with zero attached hydrogens (tertiary/aromatic N) is 2. The Labute approximate surface area is 252 Å². The van der Waals surface area contributed by atoms with Crippen LogP contribution in [0.4, 0.5) is 0 Å². The van der Waals surface area contributed by atoms with Gasteiger partial charge in [0.15, 0.2) is 0 Å². The van der Waals surface area contributed by atoms with Gasteiger partial charge in [0.05, 0.1) is 36.9 Å². The molecule has 0 aliphatic carbocycles. The van der Waals surface area contributed by atoms with Crippen LogP contribution in [-0.4, -0.2) is 5.09 Å². The minimum Gasteiger partial charge on any atom is -0.356 e. The fourth-order valence-electron chi connectivity index (χ4n) is 5.27. The first-order valence-electron chi connectivity index (χ1n) is 13.8. The van der Waals surface area contributed by atoms with Crippen LogP contribution in [0.15, 0.2) is 182 Å². The molecule has 0 radical (unpaired) electrons. The zero-order chi connectivity index (χ0) is 30.0. The summed E-state index contributed by atoms with van der Waals surface area (Å²) in [5.74, 6) is 0. The molecule has 0 fully saturated rings. The van der Waals surface area contributed by atoms with Crippen molar-refractivity contribution in [3.63, 3.8) is 0 Å². The third-order valence-corrected chi connectivity index (χ3v) is 15.5. The minimum atomic E-state index is -2.50. The first kappa shape index (κ1) is 29.6. The Morgan fingerprint density at radius 2 is 0.488 bits per heavy atom. The maximum Gasteiger partial charge on any atom is 0.301 e. The van der Waals surface area contributed by atoms with Crippen molar-refractivity contribution in [2.24, 2.45) is 0 Å². The molecule has 0 aliphatic rings. The van der Waals surface area contributed by atoms with Gasteiger partial charge < -0.3 is 15.3 Å². The summed E-state index contributed by atoms with van der Waals surface area (Å²) in [6.07, 6.45) is 0. The van der Waals surface area contributed by atoms with Crippen LogP contribution in [0.3, 0.4) is 0 Å². The zero-order valence-electron chi connectivity index (χ0n) is 23.3. The Hall–Kier alpha value is -4.91. The lowest BCUT2D eigenvalue weighted by atomic mass is 10.4. The maximum absolute atomic E-state index is 8.25. The van der Waals surface area contributed by atoms with Gasteiger partial charge in [-0.2, -0.15) is 0 Å². The Kier molecular flexibility index (Phi) is 9.52. The van der Waals surface area contributed by atoms with Crippen LogP contribution in [0.5, 0.6) is 0 Å². The molecule has 0 heterocycles. The molecule has 0 unspecified atom stereocenters. The molecule has 5 nitrogen and oxygen atoms in total. The molecule has 7 heteroatoms. The molecule has 0 bridgehead atoms. The number of hydrogen-bond acceptors (Lipinski definition) is 3. The van der Waals surface area contributed by atoms with Gasteiger partial charge in [-0.25, -0.2) is 0 Å². The van der Waals surface area contributed by atoms with E-state index in [1.54, 1.807) is 0 Å². The minimum absolute atomic E-state index is 1.26. The lowest BCUT2D eigenvalue weighted by Gasteiger charge is -2.20. The summed E-state index contributed by atoms with van der Waals surface area (Å²) in [5.41, 5.74) is 0. The van der Waals surface area contributed by atoms with E-state index in [9.17, 15) is 0 Å². The van der Waals surface area contributed by atoms with E-state index < -0.39 is 19.2 Å². The zero-order valence-corrected chi connectivity index (χ0v) is 25.1. The summed E-state index contributed by atoms with van der Waals surface area (Å²) in [5, 5.41) is 22.3. The van der Waals surface area contributed by atoms with Crippen molar-refractivity contribution >= 4 is 45.9 Å². The maximum atomic E-state index is 8.25. The third-order valence-electron chi connectivity index (χ3n) is 7.05. The largest absolute Gasteiger partial charge is 0.356 e. The van der Waals surface area contributed by atoms with Crippen LogP contribution in [0.1, 0.15) is 0 Å². The van der Waals surface area contributed by atoms with Gasteiger partial charge in [0.1, 0.15) is 0 Å². The van der Waals surface area contributed by atoms with Crippen molar-refractivity contribution in [1.82, 2.24) is 4.17 Å². The van der Waals surface area contributed by atoms with Crippen molar-refractivity contribution in [2.45, 2.75) is 0 Å². The second-order valence-corrected chi connectivity index (χ2v) is 16.0. The van der Waals surface area contributed by atoms with Gasteiger partial charge in [-0.05, 0) is 72.8 Å². The van der Waals surface area contributed by atoms with Crippen LogP contribution in [0, 0.1) is 15.3 Å². The molecular weight excluding hydrogens is 570 g/mol. The fourth-order valence-corrected chi connectivity index (χ4v) is 14.8. The molecule has 0 spiro atoms. The molecule has 0 atom stereocenters. The van der Waals surface area contributed by atoms with Gasteiger partial charge in [-0.15, -0.1) is 4.17 Å². The normalized spacial score (nSPS) is 11.0. The van der Waals surface area contributed by atoms with Crippen LogP contribution in [0.2, 0.25) is 0 Å². The molecule has 6 aromatic carbocycles. The average molecular weight is 601 g/mol. The van der Waals surface area contributed by atoms with Gasteiger partial charge in [0.2, 0.25) is 0 Å². The molecule has 212 valence electrons. The van der Waals surface area contributed by atoms with Gasteiger partial charge >= 0.3 is 14.1 Å². The van der Waals surface area contributed by atoms with Gasteiger partial charge in [-0.3, -0.25) is 0 Å². The van der Waals surface area contributed by atoms with Crippen molar-refractivity contribution in [3.8, 4) is 0 Å². The molecule has 0 amide bonds. The van der Waals surface area contributed by atoms with Crippen molar-refractivity contribution in [1.29, 1.82) is 0 Å². The Morgan fingerprint density at radius 3 is 0.628 bits per heavy atom. The van der Waals surface area contributed by atoms with Gasteiger partial charge in [0.25, 0.3) is 0 Å². The van der Waals surface area contributed by atoms with E-state index in [1.165, 1.54) is 31.8 Å². The van der Waals surface area contributed by atoms with E-state index in [0.29, 0.717) is 0 Å². The second-order valence-electron chi connectivity index (χ2n) is 9.60. The van der Waals surface area contributed by atoms with E-state index in [4.69, 9.17) is 19.5 Å². The summed E-state index contributed by atoms with van der Waals surface area (Å²) in [7, 11) is -4.99. The molecule has 6 rings (SSSR count). The molecule has 0 N–H and O–H groups in total. The van der Waals surface area contributed by atoms with Crippen molar-refractivity contribution < 1.29 is 5.09 Å². The summed E-state index contributed by atoms with van der Waals surface area (Å²) in [6, 6.07) is 65.7. The highest BCUT2D eigenvalue weighted by molar-refractivity contribution is 7.93. The summed E-state index contributed by atoms with van der Waals surface area (Å²) in [6.45, 7) is 0. The van der Waals surface area contributed by atoms with E-state index in [2.05, 4.69) is 182 Å².